The number of hydrogen-bond donors (Lipinski definition) is 1. The van der Waals surface area contributed by atoms with Crippen LogP contribution in [0.3, 0.4) is 0 Å². The summed E-state index contributed by atoms with van der Waals surface area (Å²) in [6.45, 7) is 0.273. The van der Waals surface area contributed by atoms with Crippen LogP contribution in [0.1, 0.15) is 11.1 Å². The summed E-state index contributed by atoms with van der Waals surface area (Å²) in [7, 11) is 0. The highest BCUT2D eigenvalue weighted by Gasteiger charge is 2.25. The topological polar surface area (TPSA) is 32.3 Å². The molecule has 2 aromatic rings. The van der Waals surface area contributed by atoms with Crippen molar-refractivity contribution in [3.05, 3.63) is 65.7 Å². The third kappa shape index (κ3) is 3.01. The van der Waals surface area contributed by atoms with Crippen LogP contribution in [0, 0.1) is 0 Å². The summed E-state index contributed by atoms with van der Waals surface area (Å²) < 4.78 is 0. The minimum atomic E-state index is -0.0677. The number of carbonyl (C=O) groups excluding carboxylic acids is 1. The Kier molecular flexibility index (Phi) is 3.79. The zero-order valence-corrected chi connectivity index (χ0v) is 12.1. The largest absolute Gasteiger partial charge is 0.309 e. The molecule has 21 heavy (non-hydrogen) atoms. The van der Waals surface area contributed by atoms with E-state index in [9.17, 15) is 4.79 Å². The smallest absolute Gasteiger partial charge is 0.246 e. The highest BCUT2D eigenvalue weighted by Crippen LogP contribution is 2.24. The Morgan fingerprint density at radius 3 is 2.43 bits per heavy atom. The van der Waals surface area contributed by atoms with E-state index in [2.05, 4.69) is 5.32 Å². The van der Waals surface area contributed by atoms with Gasteiger partial charge in [0.15, 0.2) is 5.11 Å². The molecule has 4 heteroatoms. The van der Waals surface area contributed by atoms with Crippen LogP contribution in [0.2, 0.25) is 0 Å². The summed E-state index contributed by atoms with van der Waals surface area (Å²) >= 11 is 5.21. The van der Waals surface area contributed by atoms with Gasteiger partial charge < -0.3 is 10.2 Å². The molecule has 0 bridgehead atoms. The predicted molar refractivity (Wildman–Crippen MR) is 89.9 cm³/mol. The maximum Gasteiger partial charge on any atom is 0.246 e. The van der Waals surface area contributed by atoms with E-state index in [1.165, 1.54) is 0 Å². The van der Waals surface area contributed by atoms with Gasteiger partial charge in [0.1, 0.15) is 6.54 Å². The summed E-state index contributed by atoms with van der Waals surface area (Å²) in [5.41, 5.74) is 3.10. The Bertz CT molecular complexity index is 710. The minimum absolute atomic E-state index is 0.0677. The predicted octanol–water partition coefficient (Wildman–Crippen LogP) is 3.08. The van der Waals surface area contributed by atoms with Gasteiger partial charge in [-0.1, -0.05) is 60.7 Å². The van der Waals surface area contributed by atoms with E-state index in [4.69, 9.17) is 12.2 Å². The number of carbonyl (C=O) groups is 1. The van der Waals surface area contributed by atoms with Gasteiger partial charge in [0.05, 0.1) is 5.69 Å². The molecule has 1 heterocycles. The fourth-order valence-corrected chi connectivity index (χ4v) is 2.54. The normalized spacial score (nSPS) is 14.8. The Morgan fingerprint density at radius 2 is 1.71 bits per heavy atom. The van der Waals surface area contributed by atoms with Gasteiger partial charge in [-0.15, -0.1) is 0 Å². The summed E-state index contributed by atoms with van der Waals surface area (Å²) in [5, 5.41) is 3.12. The maximum absolute atomic E-state index is 11.5. The molecule has 0 unspecified atom stereocenters. The van der Waals surface area contributed by atoms with Crippen LogP contribution in [0.5, 0.6) is 0 Å². The van der Waals surface area contributed by atoms with E-state index in [0.717, 1.165) is 16.8 Å². The number of nitrogens with zero attached hydrogens (tertiary/aromatic N) is 1. The minimum Gasteiger partial charge on any atom is -0.309 e. The van der Waals surface area contributed by atoms with E-state index < -0.39 is 0 Å². The second-order valence-electron chi connectivity index (χ2n) is 4.74. The molecule has 0 atom stereocenters. The van der Waals surface area contributed by atoms with Crippen LogP contribution < -0.4 is 10.2 Å². The third-order valence-corrected chi connectivity index (χ3v) is 3.60. The number of hydrogen-bond acceptors (Lipinski definition) is 2. The molecule has 0 spiro atoms. The van der Waals surface area contributed by atoms with Gasteiger partial charge >= 0.3 is 0 Å². The van der Waals surface area contributed by atoms with Crippen LogP contribution in [0.4, 0.5) is 5.69 Å². The Hall–Kier alpha value is -2.46. The molecule has 1 amide bonds. The Morgan fingerprint density at radius 1 is 1.00 bits per heavy atom. The van der Waals surface area contributed by atoms with Gasteiger partial charge in [0.2, 0.25) is 5.91 Å². The lowest BCUT2D eigenvalue weighted by Crippen LogP contribution is -2.28. The van der Waals surface area contributed by atoms with Crippen LogP contribution in [0.15, 0.2) is 54.6 Å². The van der Waals surface area contributed by atoms with Gasteiger partial charge in [-0.3, -0.25) is 4.79 Å². The molecule has 3 rings (SSSR count). The quantitative estimate of drug-likeness (QED) is 0.697. The van der Waals surface area contributed by atoms with Crippen LogP contribution in [-0.2, 0) is 4.79 Å². The average molecular weight is 294 g/mol. The standard InChI is InChI=1S/C17H14N2OS/c20-16-12-19(17(21)18-16)15-9-5-4-8-14(15)11-10-13-6-2-1-3-7-13/h1-11H,12H2,(H,18,20,21)/b11-10+. The van der Waals surface area contributed by atoms with E-state index in [1.54, 1.807) is 0 Å². The third-order valence-electron chi connectivity index (χ3n) is 3.28. The van der Waals surface area contributed by atoms with Crippen molar-refractivity contribution in [1.82, 2.24) is 5.32 Å². The molecule has 104 valence electrons. The molecule has 1 fully saturated rings. The lowest BCUT2D eigenvalue weighted by molar-refractivity contribution is -0.117. The van der Waals surface area contributed by atoms with Gasteiger partial charge in [0.25, 0.3) is 0 Å². The molecule has 0 aromatic heterocycles. The molecular weight excluding hydrogens is 280 g/mol. The van der Waals surface area contributed by atoms with E-state index in [0.29, 0.717) is 5.11 Å². The lowest BCUT2D eigenvalue weighted by atomic mass is 10.1. The molecule has 1 aliphatic heterocycles. The van der Waals surface area contributed by atoms with Crippen molar-refractivity contribution in [2.75, 3.05) is 11.4 Å². The van der Waals surface area contributed by atoms with Crippen molar-refractivity contribution in [3.63, 3.8) is 0 Å². The average Bonchev–Trinajstić information content (AvgIpc) is 2.85. The number of rotatable bonds is 3. The summed E-state index contributed by atoms with van der Waals surface area (Å²) in [5.74, 6) is -0.0677. The van der Waals surface area contributed by atoms with Crippen LogP contribution in [-0.4, -0.2) is 17.6 Å². The Labute approximate surface area is 128 Å². The molecule has 1 saturated heterocycles. The monoisotopic (exact) mass is 294 g/mol. The fourth-order valence-electron chi connectivity index (χ4n) is 2.26. The molecule has 0 aliphatic carbocycles. The molecular formula is C17H14N2OS. The summed E-state index contributed by atoms with van der Waals surface area (Å²) in [6, 6.07) is 18.0. The molecule has 2 aromatic carbocycles. The van der Waals surface area contributed by atoms with Gasteiger partial charge in [0, 0.05) is 0 Å². The van der Waals surface area contributed by atoms with Crippen molar-refractivity contribution >= 4 is 41.1 Å². The number of amides is 1. The summed E-state index contributed by atoms with van der Waals surface area (Å²) in [6.07, 6.45) is 4.09. The molecule has 3 nitrogen and oxygen atoms in total. The zero-order valence-electron chi connectivity index (χ0n) is 11.3. The molecule has 0 saturated carbocycles. The number of nitrogens with one attached hydrogen (secondary N) is 1. The molecule has 1 N–H and O–H groups in total. The zero-order chi connectivity index (χ0) is 14.7. The number of thiocarbonyl (C=S) groups is 1. The van der Waals surface area contributed by atoms with Gasteiger partial charge in [-0.25, -0.2) is 0 Å². The van der Waals surface area contributed by atoms with Crippen molar-refractivity contribution in [2.24, 2.45) is 0 Å². The first kappa shape index (κ1) is 13.5. The molecule has 1 aliphatic rings. The SMILES string of the molecule is O=C1CN(c2ccccc2/C=C/c2ccccc2)C(=S)N1. The first-order valence-corrected chi connectivity index (χ1v) is 7.08. The number of benzene rings is 2. The molecule has 0 radical (unpaired) electrons. The maximum atomic E-state index is 11.5. The fraction of sp³-hybridized carbons (Fsp3) is 0.0588. The first-order valence-electron chi connectivity index (χ1n) is 6.67. The van der Waals surface area contributed by atoms with Gasteiger partial charge in [-0.05, 0) is 29.4 Å². The Balaban J connectivity index is 1.92. The van der Waals surface area contributed by atoms with Gasteiger partial charge in [-0.2, -0.15) is 0 Å². The van der Waals surface area contributed by atoms with E-state index in [1.807, 2.05) is 71.6 Å². The number of anilines is 1. The van der Waals surface area contributed by atoms with E-state index in [-0.39, 0.29) is 12.5 Å². The highest BCUT2D eigenvalue weighted by atomic mass is 32.1. The van der Waals surface area contributed by atoms with E-state index >= 15 is 0 Å². The van der Waals surface area contributed by atoms with Crippen LogP contribution >= 0.6 is 12.2 Å². The second kappa shape index (κ2) is 5.89. The van der Waals surface area contributed by atoms with Crippen molar-refractivity contribution in [3.8, 4) is 0 Å². The lowest BCUT2D eigenvalue weighted by Gasteiger charge is -2.18. The second-order valence-corrected chi connectivity index (χ2v) is 5.13. The number of para-hydroxylation sites is 1. The first-order chi connectivity index (χ1) is 10.2. The summed E-state index contributed by atoms with van der Waals surface area (Å²) in [4.78, 5) is 13.3. The van der Waals surface area contributed by atoms with Crippen molar-refractivity contribution in [2.45, 2.75) is 0 Å². The highest BCUT2D eigenvalue weighted by molar-refractivity contribution is 7.80. The van der Waals surface area contributed by atoms with Crippen LogP contribution in [0.25, 0.3) is 12.2 Å². The van der Waals surface area contributed by atoms with Crippen molar-refractivity contribution < 1.29 is 4.79 Å². The van der Waals surface area contributed by atoms with Crippen molar-refractivity contribution in [1.29, 1.82) is 0 Å².